The molecule has 0 saturated heterocycles. The van der Waals surface area contributed by atoms with Crippen LogP contribution in [0.15, 0.2) is 77.7 Å². The zero-order valence-corrected chi connectivity index (χ0v) is 19.3. The van der Waals surface area contributed by atoms with E-state index in [-0.39, 0.29) is 27.8 Å². The normalized spacial score (nSPS) is 12.7. The van der Waals surface area contributed by atoms with Gasteiger partial charge in [-0.05, 0) is 48.4 Å². The van der Waals surface area contributed by atoms with Gasteiger partial charge < -0.3 is 10.1 Å². The Balaban J connectivity index is 1.93. The molecule has 0 saturated carbocycles. The summed E-state index contributed by atoms with van der Waals surface area (Å²) in [6.07, 6.45) is -4.66. The van der Waals surface area contributed by atoms with E-state index in [1.807, 2.05) is 0 Å². The van der Waals surface area contributed by atoms with Gasteiger partial charge in [0.05, 0.1) is 12.7 Å². The average molecular weight is 513 g/mol. The number of anilines is 1. The highest BCUT2D eigenvalue weighted by Gasteiger charge is 2.32. The lowest BCUT2D eigenvalue weighted by Crippen LogP contribution is -2.45. The lowest BCUT2D eigenvalue weighted by molar-refractivity contribution is -0.137. The lowest BCUT2D eigenvalue weighted by Gasteiger charge is -2.20. The number of ether oxygens (including phenoxy) is 1. The fraction of sp³-hybridized carbons (Fsp3) is 0.174. The topological polar surface area (TPSA) is 84.5 Å². The van der Waals surface area contributed by atoms with Gasteiger partial charge in [-0.1, -0.05) is 48.0 Å². The number of rotatable bonds is 8. The minimum Gasteiger partial charge on any atom is -0.495 e. The van der Waals surface area contributed by atoms with Gasteiger partial charge >= 0.3 is 6.18 Å². The van der Waals surface area contributed by atoms with Gasteiger partial charge in [0.2, 0.25) is 15.9 Å². The maximum atomic E-state index is 13.1. The van der Waals surface area contributed by atoms with Gasteiger partial charge in [0.25, 0.3) is 0 Å². The van der Waals surface area contributed by atoms with Crippen LogP contribution in [0.25, 0.3) is 0 Å². The second-order valence-corrected chi connectivity index (χ2v) is 9.35. The van der Waals surface area contributed by atoms with Gasteiger partial charge in [-0.15, -0.1) is 0 Å². The molecule has 0 fully saturated rings. The molecule has 6 nitrogen and oxygen atoms in total. The molecule has 3 aromatic carbocycles. The van der Waals surface area contributed by atoms with Crippen molar-refractivity contribution in [2.75, 3.05) is 12.4 Å². The molecule has 2 N–H and O–H groups in total. The van der Waals surface area contributed by atoms with E-state index in [1.165, 1.54) is 31.4 Å². The van der Waals surface area contributed by atoms with E-state index < -0.39 is 33.7 Å². The van der Waals surface area contributed by atoms with E-state index >= 15 is 0 Å². The molecule has 0 aliphatic rings. The molecular formula is C23H20ClF3N2O4S. The van der Waals surface area contributed by atoms with E-state index in [4.69, 9.17) is 16.3 Å². The first-order valence-electron chi connectivity index (χ1n) is 9.87. The van der Waals surface area contributed by atoms with E-state index in [2.05, 4.69) is 10.0 Å². The van der Waals surface area contributed by atoms with Crippen LogP contribution in [0.1, 0.15) is 11.1 Å². The summed E-state index contributed by atoms with van der Waals surface area (Å²) in [5, 5.41) is 2.50. The second-order valence-electron chi connectivity index (χ2n) is 7.23. The second kappa shape index (κ2) is 10.5. The molecule has 0 unspecified atom stereocenters. The van der Waals surface area contributed by atoms with Crippen LogP contribution in [0.3, 0.4) is 0 Å². The Labute approximate surface area is 199 Å². The first kappa shape index (κ1) is 25.5. The highest BCUT2D eigenvalue weighted by atomic mass is 35.5. The molecule has 0 heterocycles. The first-order valence-corrected chi connectivity index (χ1v) is 11.7. The summed E-state index contributed by atoms with van der Waals surface area (Å²) >= 11 is 5.95. The van der Waals surface area contributed by atoms with Crippen molar-refractivity contribution in [2.45, 2.75) is 23.5 Å². The molecule has 0 aromatic heterocycles. The van der Waals surface area contributed by atoms with E-state index in [1.54, 1.807) is 30.3 Å². The number of hydrogen-bond acceptors (Lipinski definition) is 4. The summed E-state index contributed by atoms with van der Waals surface area (Å²) in [4.78, 5) is 12.7. The molecule has 0 aliphatic carbocycles. The van der Waals surface area contributed by atoms with Crippen molar-refractivity contribution in [3.05, 3.63) is 88.9 Å². The van der Waals surface area contributed by atoms with Crippen molar-refractivity contribution in [2.24, 2.45) is 0 Å². The summed E-state index contributed by atoms with van der Waals surface area (Å²) in [6, 6.07) is 15.3. The summed E-state index contributed by atoms with van der Waals surface area (Å²) in [5.41, 5.74) is -0.445. The molecule has 1 atom stereocenters. The quantitative estimate of drug-likeness (QED) is 0.450. The molecule has 0 bridgehead atoms. The molecule has 11 heteroatoms. The van der Waals surface area contributed by atoms with Crippen LogP contribution in [-0.2, 0) is 27.4 Å². The average Bonchev–Trinajstić information content (AvgIpc) is 2.79. The van der Waals surface area contributed by atoms with Gasteiger partial charge in [0.1, 0.15) is 16.7 Å². The highest BCUT2D eigenvalue weighted by molar-refractivity contribution is 7.89. The van der Waals surface area contributed by atoms with Gasteiger partial charge in [-0.3, -0.25) is 4.79 Å². The third-order valence-electron chi connectivity index (χ3n) is 4.77. The minimum absolute atomic E-state index is 0.00801. The monoisotopic (exact) mass is 512 g/mol. The number of carbonyl (C=O) groups excluding carboxylic acids is 1. The number of methoxy groups -OCH3 is 1. The van der Waals surface area contributed by atoms with Crippen molar-refractivity contribution in [1.29, 1.82) is 0 Å². The van der Waals surface area contributed by atoms with Crippen LogP contribution >= 0.6 is 11.6 Å². The molecule has 1 amide bonds. The fourth-order valence-electron chi connectivity index (χ4n) is 3.15. The predicted octanol–water partition coefficient (Wildman–Crippen LogP) is 4.90. The van der Waals surface area contributed by atoms with Crippen LogP contribution < -0.4 is 14.8 Å². The van der Waals surface area contributed by atoms with Gasteiger partial charge in [-0.25, -0.2) is 8.42 Å². The molecule has 180 valence electrons. The zero-order valence-electron chi connectivity index (χ0n) is 17.8. The van der Waals surface area contributed by atoms with E-state index in [0.717, 1.165) is 18.2 Å². The van der Waals surface area contributed by atoms with Gasteiger partial charge in [0.15, 0.2) is 0 Å². The van der Waals surface area contributed by atoms with Crippen LogP contribution in [0, 0.1) is 0 Å². The van der Waals surface area contributed by atoms with Crippen molar-refractivity contribution in [1.82, 2.24) is 4.72 Å². The Bertz CT molecular complexity index is 1270. The summed E-state index contributed by atoms with van der Waals surface area (Å²) in [5.74, 6) is -0.832. The SMILES string of the molecule is COc1ccc(Cl)cc1S(=O)(=O)N[C@@H](Cc1ccccc1)C(=O)Nc1cccc(C(F)(F)F)c1. The van der Waals surface area contributed by atoms with Gasteiger partial charge in [-0.2, -0.15) is 17.9 Å². The van der Waals surface area contributed by atoms with E-state index in [9.17, 15) is 26.4 Å². The Kier molecular flexibility index (Phi) is 7.86. The first-order chi connectivity index (χ1) is 16.0. The Morgan fingerprint density at radius 2 is 1.74 bits per heavy atom. The number of benzene rings is 3. The fourth-order valence-corrected chi connectivity index (χ4v) is 4.78. The number of halogens is 4. The van der Waals surface area contributed by atoms with Crippen LogP contribution in [0.4, 0.5) is 18.9 Å². The summed E-state index contributed by atoms with van der Waals surface area (Å²) in [6.45, 7) is 0. The Morgan fingerprint density at radius 3 is 2.38 bits per heavy atom. The molecule has 3 rings (SSSR count). The number of hydrogen-bond donors (Lipinski definition) is 2. The van der Waals surface area contributed by atoms with Crippen molar-refractivity contribution >= 4 is 33.2 Å². The van der Waals surface area contributed by atoms with Crippen molar-refractivity contribution in [3.8, 4) is 5.75 Å². The number of nitrogens with one attached hydrogen (secondary N) is 2. The summed E-state index contributed by atoms with van der Waals surface area (Å²) in [7, 11) is -3.03. The molecule has 34 heavy (non-hydrogen) atoms. The Hall–Kier alpha value is -3.08. The zero-order chi connectivity index (χ0) is 24.9. The molecule has 3 aromatic rings. The third kappa shape index (κ3) is 6.49. The number of amides is 1. The van der Waals surface area contributed by atoms with Crippen molar-refractivity contribution in [3.63, 3.8) is 0 Å². The van der Waals surface area contributed by atoms with Gasteiger partial charge in [0, 0.05) is 10.7 Å². The third-order valence-corrected chi connectivity index (χ3v) is 6.50. The van der Waals surface area contributed by atoms with Crippen LogP contribution in [-0.4, -0.2) is 27.5 Å². The number of sulfonamides is 1. The number of alkyl halides is 3. The standard InChI is InChI=1S/C23H20ClF3N2O4S/c1-33-20-11-10-17(24)14-21(20)34(31,32)29-19(12-15-6-3-2-4-7-15)22(30)28-18-9-5-8-16(13-18)23(25,26)27/h2-11,13-14,19,29H,12H2,1H3,(H,28,30)/t19-/m0/s1. The Morgan fingerprint density at radius 1 is 1.03 bits per heavy atom. The largest absolute Gasteiger partial charge is 0.495 e. The minimum atomic E-state index is -4.60. The predicted molar refractivity (Wildman–Crippen MR) is 122 cm³/mol. The van der Waals surface area contributed by atoms with Crippen LogP contribution in [0.5, 0.6) is 5.75 Å². The maximum absolute atomic E-state index is 13.1. The van der Waals surface area contributed by atoms with Crippen LogP contribution in [0.2, 0.25) is 5.02 Å². The molecular weight excluding hydrogens is 493 g/mol. The molecule has 0 radical (unpaired) electrons. The van der Waals surface area contributed by atoms with Crippen molar-refractivity contribution < 1.29 is 31.1 Å². The highest BCUT2D eigenvalue weighted by Crippen LogP contribution is 2.31. The lowest BCUT2D eigenvalue weighted by atomic mass is 10.1. The molecule has 0 spiro atoms. The maximum Gasteiger partial charge on any atom is 0.416 e. The smallest absolute Gasteiger partial charge is 0.416 e. The molecule has 0 aliphatic heterocycles. The number of carbonyl (C=O) groups is 1. The summed E-state index contributed by atoms with van der Waals surface area (Å²) < 4.78 is 72.8. The van der Waals surface area contributed by atoms with E-state index in [0.29, 0.717) is 5.56 Å².